The highest BCUT2D eigenvalue weighted by atomic mass is 19.1. The van der Waals surface area contributed by atoms with Crippen LogP contribution in [0, 0.1) is 11.7 Å². The van der Waals surface area contributed by atoms with E-state index in [9.17, 15) is 9.18 Å². The summed E-state index contributed by atoms with van der Waals surface area (Å²) in [7, 11) is 0. The van der Waals surface area contributed by atoms with E-state index in [0.717, 1.165) is 55.1 Å². The summed E-state index contributed by atoms with van der Waals surface area (Å²) < 4.78 is 21.7. The Kier molecular flexibility index (Phi) is 7.04. The van der Waals surface area contributed by atoms with Gasteiger partial charge in [0.15, 0.2) is 0 Å². The molecule has 1 aliphatic rings. The summed E-state index contributed by atoms with van der Waals surface area (Å²) in [5, 5.41) is 2.79. The minimum atomic E-state index is -0.357. The molecule has 1 N–H and O–H groups in total. The number of halogens is 1. The van der Waals surface area contributed by atoms with Gasteiger partial charge in [0, 0.05) is 12.2 Å². The summed E-state index contributed by atoms with van der Waals surface area (Å²) in [5.41, 5.74) is 2.59. The van der Waals surface area contributed by atoms with Crippen LogP contribution in [0.5, 0.6) is 5.75 Å². The highest BCUT2D eigenvalue weighted by Gasteiger charge is 2.23. The van der Waals surface area contributed by atoms with E-state index < -0.39 is 0 Å². The van der Waals surface area contributed by atoms with Crippen molar-refractivity contribution in [3.05, 3.63) is 90.5 Å². The lowest BCUT2D eigenvalue weighted by Gasteiger charge is -2.32. The number of rotatable bonds is 8. The number of likely N-dealkylation sites (tertiary alicyclic amines) is 1. The SMILES string of the molecule is O=C(CN1CCC(Cn2c(COc3ccccc3)nc3ccccc32)CC1)Nc1cccc(F)c1. The topological polar surface area (TPSA) is 59.4 Å². The minimum Gasteiger partial charge on any atom is -0.486 e. The second kappa shape index (κ2) is 10.7. The number of aromatic nitrogens is 2. The van der Waals surface area contributed by atoms with Gasteiger partial charge in [-0.2, -0.15) is 0 Å². The molecular formula is C28H29FN4O2. The summed E-state index contributed by atoms with van der Waals surface area (Å²) >= 11 is 0. The normalized spacial score (nSPS) is 14.8. The van der Waals surface area contributed by atoms with Crippen LogP contribution < -0.4 is 10.1 Å². The molecule has 1 fully saturated rings. The van der Waals surface area contributed by atoms with Gasteiger partial charge in [0.2, 0.25) is 5.91 Å². The number of anilines is 1. The molecular weight excluding hydrogens is 443 g/mol. The summed E-state index contributed by atoms with van der Waals surface area (Å²) in [5.74, 6) is 1.77. The molecule has 35 heavy (non-hydrogen) atoms. The zero-order chi connectivity index (χ0) is 24.0. The predicted molar refractivity (Wildman–Crippen MR) is 135 cm³/mol. The number of imidazole rings is 1. The third-order valence-corrected chi connectivity index (χ3v) is 6.47. The Morgan fingerprint density at radius 2 is 1.77 bits per heavy atom. The number of hydrogen-bond donors (Lipinski definition) is 1. The molecule has 1 saturated heterocycles. The number of piperidine rings is 1. The van der Waals surface area contributed by atoms with Crippen LogP contribution in [0.15, 0.2) is 78.9 Å². The van der Waals surface area contributed by atoms with Gasteiger partial charge in [-0.05, 0) is 74.3 Å². The molecule has 6 nitrogen and oxygen atoms in total. The molecule has 0 aliphatic carbocycles. The Bertz CT molecular complexity index is 1280. The first-order chi connectivity index (χ1) is 17.1. The van der Waals surface area contributed by atoms with Crippen molar-refractivity contribution in [2.24, 2.45) is 5.92 Å². The molecule has 0 saturated carbocycles. The van der Waals surface area contributed by atoms with Crippen LogP contribution >= 0.6 is 0 Å². The monoisotopic (exact) mass is 472 g/mol. The van der Waals surface area contributed by atoms with Gasteiger partial charge in [0.1, 0.15) is 24.0 Å². The van der Waals surface area contributed by atoms with Crippen molar-refractivity contribution in [2.45, 2.75) is 26.0 Å². The largest absolute Gasteiger partial charge is 0.486 e. The third-order valence-electron chi connectivity index (χ3n) is 6.47. The van der Waals surface area contributed by atoms with E-state index in [1.165, 1.54) is 12.1 Å². The number of carbonyl (C=O) groups is 1. The molecule has 180 valence electrons. The first-order valence-corrected chi connectivity index (χ1v) is 12.0. The first kappa shape index (κ1) is 23.1. The zero-order valence-corrected chi connectivity index (χ0v) is 19.6. The van der Waals surface area contributed by atoms with E-state index >= 15 is 0 Å². The second-order valence-electron chi connectivity index (χ2n) is 9.01. The van der Waals surface area contributed by atoms with Gasteiger partial charge in [-0.1, -0.05) is 36.4 Å². The van der Waals surface area contributed by atoms with Gasteiger partial charge < -0.3 is 14.6 Å². The molecule has 1 amide bonds. The van der Waals surface area contributed by atoms with Crippen molar-refractivity contribution < 1.29 is 13.9 Å². The summed E-state index contributed by atoms with van der Waals surface area (Å²) in [4.78, 5) is 19.4. The fourth-order valence-electron chi connectivity index (χ4n) is 4.66. The number of amides is 1. The van der Waals surface area contributed by atoms with Crippen LogP contribution in [0.3, 0.4) is 0 Å². The molecule has 0 unspecified atom stereocenters. The predicted octanol–water partition coefficient (Wildman–Crippen LogP) is 5.11. The fourth-order valence-corrected chi connectivity index (χ4v) is 4.66. The zero-order valence-electron chi connectivity index (χ0n) is 19.6. The van der Waals surface area contributed by atoms with Gasteiger partial charge in [-0.3, -0.25) is 9.69 Å². The van der Waals surface area contributed by atoms with Crippen molar-refractivity contribution in [3.8, 4) is 5.75 Å². The molecule has 0 spiro atoms. The number of carbonyl (C=O) groups excluding carboxylic acids is 1. The summed E-state index contributed by atoms with van der Waals surface area (Å²) in [6.07, 6.45) is 2.00. The number of nitrogens with zero attached hydrogens (tertiary/aromatic N) is 3. The average molecular weight is 473 g/mol. The highest BCUT2D eigenvalue weighted by molar-refractivity contribution is 5.92. The molecule has 0 atom stereocenters. The van der Waals surface area contributed by atoms with Gasteiger partial charge in [0.05, 0.1) is 17.6 Å². The van der Waals surface area contributed by atoms with E-state index in [-0.39, 0.29) is 11.7 Å². The highest BCUT2D eigenvalue weighted by Crippen LogP contribution is 2.24. The maximum absolute atomic E-state index is 13.4. The lowest BCUT2D eigenvalue weighted by molar-refractivity contribution is -0.117. The Hall–Kier alpha value is -3.71. The standard InChI is InChI=1S/C28H29FN4O2/c29-22-7-6-8-23(17-22)30-28(34)19-32-15-13-21(14-16-32)18-33-26-12-5-4-11-25(26)31-27(33)20-35-24-9-2-1-3-10-24/h1-12,17,21H,13-16,18-20H2,(H,30,34). The molecule has 7 heteroatoms. The van der Waals surface area contributed by atoms with Gasteiger partial charge in [0.25, 0.3) is 0 Å². The first-order valence-electron chi connectivity index (χ1n) is 12.0. The van der Waals surface area contributed by atoms with Gasteiger partial charge >= 0.3 is 0 Å². The Balaban J connectivity index is 1.19. The smallest absolute Gasteiger partial charge is 0.238 e. The molecule has 1 aliphatic heterocycles. The van der Waals surface area contributed by atoms with Crippen LogP contribution in [0.1, 0.15) is 18.7 Å². The van der Waals surface area contributed by atoms with E-state index in [1.54, 1.807) is 12.1 Å². The average Bonchev–Trinajstić information content (AvgIpc) is 3.22. The number of nitrogens with one attached hydrogen (secondary N) is 1. The van der Waals surface area contributed by atoms with Crippen molar-refractivity contribution >= 4 is 22.6 Å². The second-order valence-corrected chi connectivity index (χ2v) is 9.01. The van der Waals surface area contributed by atoms with E-state index in [4.69, 9.17) is 9.72 Å². The quantitative estimate of drug-likeness (QED) is 0.387. The van der Waals surface area contributed by atoms with Gasteiger partial charge in [-0.25, -0.2) is 9.37 Å². The number of fused-ring (bicyclic) bond motifs is 1. The van der Waals surface area contributed by atoms with Crippen LogP contribution in [0.25, 0.3) is 11.0 Å². The number of para-hydroxylation sites is 3. The van der Waals surface area contributed by atoms with Crippen molar-refractivity contribution in [2.75, 3.05) is 25.0 Å². The Labute approximate surface area is 204 Å². The third kappa shape index (κ3) is 5.87. The van der Waals surface area contributed by atoms with E-state index in [2.05, 4.69) is 20.9 Å². The van der Waals surface area contributed by atoms with Crippen molar-refractivity contribution in [1.82, 2.24) is 14.5 Å². The van der Waals surface area contributed by atoms with E-state index in [0.29, 0.717) is 24.8 Å². The summed E-state index contributed by atoms with van der Waals surface area (Å²) in [6.45, 7) is 3.30. The maximum Gasteiger partial charge on any atom is 0.238 e. The maximum atomic E-state index is 13.4. The minimum absolute atomic E-state index is 0.116. The van der Waals surface area contributed by atoms with Crippen molar-refractivity contribution in [3.63, 3.8) is 0 Å². The number of hydrogen-bond acceptors (Lipinski definition) is 4. The number of ether oxygens (including phenoxy) is 1. The molecule has 0 radical (unpaired) electrons. The molecule has 4 aromatic rings. The lowest BCUT2D eigenvalue weighted by atomic mass is 9.96. The van der Waals surface area contributed by atoms with Crippen molar-refractivity contribution in [1.29, 1.82) is 0 Å². The van der Waals surface area contributed by atoms with Crippen LogP contribution in [-0.4, -0.2) is 40.0 Å². The number of benzene rings is 3. The Morgan fingerprint density at radius 3 is 2.57 bits per heavy atom. The molecule has 0 bridgehead atoms. The van der Waals surface area contributed by atoms with E-state index in [1.807, 2.05) is 48.5 Å². The van der Waals surface area contributed by atoms with Gasteiger partial charge in [-0.15, -0.1) is 0 Å². The molecule has 2 heterocycles. The summed E-state index contributed by atoms with van der Waals surface area (Å²) in [6, 6.07) is 24.0. The van der Waals surface area contributed by atoms with Crippen LogP contribution in [-0.2, 0) is 17.9 Å². The fraction of sp³-hybridized carbons (Fsp3) is 0.286. The van der Waals surface area contributed by atoms with Crippen LogP contribution in [0.2, 0.25) is 0 Å². The Morgan fingerprint density at radius 1 is 1.00 bits per heavy atom. The van der Waals surface area contributed by atoms with Crippen LogP contribution in [0.4, 0.5) is 10.1 Å². The molecule has 1 aromatic heterocycles. The lowest BCUT2D eigenvalue weighted by Crippen LogP contribution is -2.40. The molecule has 5 rings (SSSR count). The molecule has 3 aromatic carbocycles.